The first kappa shape index (κ1) is 12.0. The maximum absolute atomic E-state index is 5.85. The Hall–Kier alpha value is -1.48. The number of hydrogen-bond acceptors (Lipinski definition) is 3. The average Bonchev–Trinajstić information content (AvgIpc) is 2.66. The van der Waals surface area contributed by atoms with Crippen molar-refractivity contribution in [2.24, 2.45) is 0 Å². The van der Waals surface area contributed by atoms with Crippen molar-refractivity contribution < 1.29 is 9.15 Å². The number of rotatable bonds is 5. The maximum Gasteiger partial charge on any atom is 0.138 e. The van der Waals surface area contributed by atoms with E-state index in [2.05, 4.69) is 25.2 Å². The van der Waals surface area contributed by atoms with Crippen molar-refractivity contribution in [3.8, 4) is 5.75 Å². The zero-order valence-electron chi connectivity index (χ0n) is 10.7. The molecule has 1 N–H and O–H groups in total. The summed E-state index contributed by atoms with van der Waals surface area (Å²) in [5, 5.41) is 4.52. The third-order valence-corrected chi connectivity index (χ3v) is 2.96. The second-order valence-electron chi connectivity index (χ2n) is 4.19. The number of methoxy groups -OCH3 is 1. The van der Waals surface area contributed by atoms with E-state index in [0.717, 1.165) is 36.6 Å². The van der Waals surface area contributed by atoms with Gasteiger partial charge < -0.3 is 14.5 Å². The highest BCUT2D eigenvalue weighted by Gasteiger charge is 2.10. The van der Waals surface area contributed by atoms with Gasteiger partial charge in [0.05, 0.1) is 13.7 Å². The molecule has 2 aromatic rings. The van der Waals surface area contributed by atoms with Gasteiger partial charge in [-0.1, -0.05) is 6.92 Å². The minimum Gasteiger partial charge on any atom is -0.497 e. The molecule has 3 nitrogen and oxygen atoms in total. The molecule has 0 fully saturated rings. The van der Waals surface area contributed by atoms with Gasteiger partial charge in [-0.2, -0.15) is 0 Å². The van der Waals surface area contributed by atoms with Gasteiger partial charge in [0.2, 0.25) is 0 Å². The standard InChI is InChI=1S/C14H19NO2/c1-4-7-15-9-14-10(2)12-6-5-11(16-3)8-13(12)17-14/h5-6,8,15H,4,7,9H2,1-3H3. The highest BCUT2D eigenvalue weighted by atomic mass is 16.5. The van der Waals surface area contributed by atoms with E-state index in [9.17, 15) is 0 Å². The normalized spacial score (nSPS) is 11.0. The Morgan fingerprint density at radius 1 is 1.35 bits per heavy atom. The molecule has 0 bridgehead atoms. The number of benzene rings is 1. The molecule has 0 spiro atoms. The predicted octanol–water partition coefficient (Wildman–Crippen LogP) is 3.25. The minimum absolute atomic E-state index is 0.788. The van der Waals surface area contributed by atoms with Crippen molar-refractivity contribution in [3.05, 3.63) is 29.5 Å². The summed E-state index contributed by atoms with van der Waals surface area (Å²) in [6, 6.07) is 5.95. The van der Waals surface area contributed by atoms with E-state index in [1.54, 1.807) is 7.11 Å². The summed E-state index contributed by atoms with van der Waals surface area (Å²) in [5.41, 5.74) is 2.11. The van der Waals surface area contributed by atoms with Gasteiger partial charge in [0.15, 0.2) is 0 Å². The molecule has 0 atom stereocenters. The summed E-state index contributed by atoms with van der Waals surface area (Å²) >= 11 is 0. The zero-order chi connectivity index (χ0) is 12.3. The first-order chi connectivity index (χ1) is 8.26. The molecular weight excluding hydrogens is 214 g/mol. The zero-order valence-corrected chi connectivity index (χ0v) is 10.7. The van der Waals surface area contributed by atoms with Crippen molar-refractivity contribution in [3.63, 3.8) is 0 Å². The molecule has 0 aliphatic carbocycles. The van der Waals surface area contributed by atoms with Crippen molar-refractivity contribution in [1.29, 1.82) is 0 Å². The van der Waals surface area contributed by atoms with Gasteiger partial charge in [-0.05, 0) is 37.6 Å². The van der Waals surface area contributed by atoms with Crippen molar-refractivity contribution >= 4 is 11.0 Å². The van der Waals surface area contributed by atoms with E-state index < -0.39 is 0 Å². The lowest BCUT2D eigenvalue weighted by atomic mass is 10.1. The molecule has 1 heterocycles. The number of hydrogen-bond donors (Lipinski definition) is 1. The average molecular weight is 233 g/mol. The van der Waals surface area contributed by atoms with Crippen LogP contribution in [-0.4, -0.2) is 13.7 Å². The molecule has 0 radical (unpaired) electrons. The Labute approximate surface area is 102 Å². The van der Waals surface area contributed by atoms with E-state index in [-0.39, 0.29) is 0 Å². The Kier molecular flexibility index (Phi) is 3.69. The number of nitrogens with one attached hydrogen (secondary N) is 1. The van der Waals surface area contributed by atoms with Gasteiger partial charge in [0.1, 0.15) is 17.1 Å². The summed E-state index contributed by atoms with van der Waals surface area (Å²) < 4.78 is 11.0. The van der Waals surface area contributed by atoms with Crippen LogP contribution in [0.2, 0.25) is 0 Å². The fourth-order valence-corrected chi connectivity index (χ4v) is 1.93. The largest absolute Gasteiger partial charge is 0.497 e. The smallest absolute Gasteiger partial charge is 0.138 e. The summed E-state index contributed by atoms with van der Waals surface area (Å²) in [5.74, 6) is 1.85. The molecule has 2 rings (SSSR count). The topological polar surface area (TPSA) is 34.4 Å². The van der Waals surface area contributed by atoms with Crippen molar-refractivity contribution in [2.45, 2.75) is 26.8 Å². The van der Waals surface area contributed by atoms with Gasteiger partial charge >= 0.3 is 0 Å². The quantitative estimate of drug-likeness (QED) is 0.805. The van der Waals surface area contributed by atoms with Crippen LogP contribution in [0.3, 0.4) is 0 Å². The lowest BCUT2D eigenvalue weighted by Crippen LogP contribution is -2.13. The monoisotopic (exact) mass is 233 g/mol. The van der Waals surface area contributed by atoms with Crippen LogP contribution >= 0.6 is 0 Å². The highest BCUT2D eigenvalue weighted by molar-refractivity contribution is 5.83. The van der Waals surface area contributed by atoms with Gasteiger partial charge in [-0.3, -0.25) is 0 Å². The molecule has 0 unspecified atom stereocenters. The number of ether oxygens (including phenoxy) is 1. The van der Waals surface area contributed by atoms with Gasteiger partial charge in [0, 0.05) is 11.5 Å². The second kappa shape index (κ2) is 5.23. The SMILES string of the molecule is CCCNCc1oc2cc(OC)ccc2c1C. The predicted molar refractivity (Wildman–Crippen MR) is 69.5 cm³/mol. The van der Waals surface area contributed by atoms with Gasteiger partial charge in [0.25, 0.3) is 0 Å². The minimum atomic E-state index is 0.788. The lowest BCUT2D eigenvalue weighted by Gasteiger charge is -2.00. The Morgan fingerprint density at radius 2 is 2.18 bits per heavy atom. The molecule has 1 aromatic heterocycles. The highest BCUT2D eigenvalue weighted by Crippen LogP contribution is 2.28. The Bertz CT molecular complexity index is 502. The van der Waals surface area contributed by atoms with Crippen LogP contribution in [-0.2, 0) is 6.54 Å². The van der Waals surface area contributed by atoms with E-state index in [1.165, 1.54) is 10.9 Å². The van der Waals surface area contributed by atoms with E-state index in [1.807, 2.05) is 12.1 Å². The Balaban J connectivity index is 2.28. The van der Waals surface area contributed by atoms with Crippen LogP contribution in [0, 0.1) is 6.92 Å². The summed E-state index contributed by atoms with van der Waals surface area (Å²) in [6.45, 7) is 6.06. The van der Waals surface area contributed by atoms with Crippen LogP contribution in [0.5, 0.6) is 5.75 Å². The van der Waals surface area contributed by atoms with Crippen molar-refractivity contribution in [1.82, 2.24) is 5.32 Å². The molecule has 3 heteroatoms. The van der Waals surface area contributed by atoms with Crippen LogP contribution in [0.25, 0.3) is 11.0 Å². The number of aryl methyl sites for hydroxylation is 1. The molecular formula is C14H19NO2. The first-order valence-electron chi connectivity index (χ1n) is 6.03. The molecule has 0 amide bonds. The molecule has 0 saturated heterocycles. The third kappa shape index (κ3) is 2.44. The van der Waals surface area contributed by atoms with E-state index in [4.69, 9.17) is 9.15 Å². The summed E-state index contributed by atoms with van der Waals surface area (Å²) in [4.78, 5) is 0. The van der Waals surface area contributed by atoms with E-state index >= 15 is 0 Å². The van der Waals surface area contributed by atoms with Crippen LogP contribution in [0.15, 0.2) is 22.6 Å². The van der Waals surface area contributed by atoms with Crippen LogP contribution in [0.1, 0.15) is 24.7 Å². The Morgan fingerprint density at radius 3 is 2.88 bits per heavy atom. The number of fused-ring (bicyclic) bond motifs is 1. The fraction of sp³-hybridized carbons (Fsp3) is 0.429. The number of furan rings is 1. The van der Waals surface area contributed by atoms with Crippen LogP contribution in [0.4, 0.5) is 0 Å². The summed E-state index contributed by atoms with van der Waals surface area (Å²) in [6.07, 6.45) is 1.13. The second-order valence-corrected chi connectivity index (χ2v) is 4.19. The molecule has 1 aromatic carbocycles. The van der Waals surface area contributed by atoms with E-state index in [0.29, 0.717) is 0 Å². The van der Waals surface area contributed by atoms with Crippen LogP contribution < -0.4 is 10.1 Å². The molecule has 0 aliphatic heterocycles. The van der Waals surface area contributed by atoms with Gasteiger partial charge in [-0.25, -0.2) is 0 Å². The maximum atomic E-state index is 5.85. The van der Waals surface area contributed by atoms with Gasteiger partial charge in [-0.15, -0.1) is 0 Å². The fourth-order valence-electron chi connectivity index (χ4n) is 1.93. The van der Waals surface area contributed by atoms with Crippen molar-refractivity contribution in [2.75, 3.05) is 13.7 Å². The lowest BCUT2D eigenvalue weighted by molar-refractivity contribution is 0.414. The third-order valence-electron chi connectivity index (χ3n) is 2.96. The molecule has 92 valence electrons. The molecule has 17 heavy (non-hydrogen) atoms. The molecule has 0 saturated carbocycles. The first-order valence-corrected chi connectivity index (χ1v) is 6.03. The summed E-state index contributed by atoms with van der Waals surface area (Å²) in [7, 11) is 1.67. The molecule has 0 aliphatic rings.